The van der Waals surface area contributed by atoms with E-state index in [4.69, 9.17) is 37.0 Å². The molecule has 5 atom stereocenters. The molecule has 0 fully saturated rings. The molecule has 17 nitrogen and oxygen atoms in total. The Morgan fingerprint density at radius 1 is 0.318 bits per heavy atom. The molecule has 0 spiro atoms. The highest BCUT2D eigenvalue weighted by Crippen LogP contribution is 2.45. The number of phosphoric acid groups is 2. The lowest BCUT2D eigenvalue weighted by molar-refractivity contribution is -0.161. The summed E-state index contributed by atoms with van der Waals surface area (Å²) in [6.45, 7) is 11.7. The molecule has 0 amide bonds. The fourth-order valence-electron chi connectivity index (χ4n) is 9.83. The highest BCUT2D eigenvalue weighted by molar-refractivity contribution is 7.47. The Morgan fingerprint density at radius 2 is 0.541 bits per heavy atom. The van der Waals surface area contributed by atoms with Crippen molar-refractivity contribution in [2.75, 3.05) is 39.6 Å². The summed E-state index contributed by atoms with van der Waals surface area (Å²) in [6, 6.07) is 0. The van der Waals surface area contributed by atoms with E-state index in [1.807, 2.05) is 0 Å². The molecule has 0 aromatic heterocycles. The average molecular weight is 1260 g/mol. The van der Waals surface area contributed by atoms with Gasteiger partial charge in [0, 0.05) is 25.7 Å². The summed E-state index contributed by atoms with van der Waals surface area (Å²) in [4.78, 5) is 72.1. The van der Waals surface area contributed by atoms with Crippen molar-refractivity contribution in [2.24, 2.45) is 17.8 Å². The molecule has 0 saturated carbocycles. The molecule has 0 aliphatic rings. The minimum atomic E-state index is -4.95. The fraction of sp³-hybridized carbons (Fsp3) is 0.939. The molecule has 504 valence electrons. The van der Waals surface area contributed by atoms with Crippen LogP contribution in [-0.4, -0.2) is 96.7 Å². The molecule has 0 bridgehead atoms. The zero-order valence-corrected chi connectivity index (χ0v) is 56.9. The molecule has 0 radical (unpaired) electrons. The van der Waals surface area contributed by atoms with Gasteiger partial charge in [-0.1, -0.05) is 273 Å². The van der Waals surface area contributed by atoms with E-state index in [1.165, 1.54) is 128 Å². The molecule has 0 aromatic carbocycles. The maximum atomic E-state index is 13.0. The normalized spacial score (nSPS) is 14.3. The first-order valence-corrected chi connectivity index (χ1v) is 37.3. The second kappa shape index (κ2) is 57.2. The number of carbonyl (C=O) groups is 4. The van der Waals surface area contributed by atoms with E-state index in [-0.39, 0.29) is 25.7 Å². The predicted octanol–water partition coefficient (Wildman–Crippen LogP) is 18.3. The molecule has 0 aromatic rings. The van der Waals surface area contributed by atoms with Crippen LogP contribution in [0, 0.1) is 17.8 Å². The Hall–Kier alpha value is -1.94. The van der Waals surface area contributed by atoms with Crippen LogP contribution in [-0.2, 0) is 65.4 Å². The van der Waals surface area contributed by atoms with Crippen LogP contribution in [0.15, 0.2) is 0 Å². The smallest absolute Gasteiger partial charge is 0.462 e. The van der Waals surface area contributed by atoms with Crippen molar-refractivity contribution in [1.29, 1.82) is 0 Å². The third-order valence-electron chi connectivity index (χ3n) is 15.1. The fourth-order valence-corrected chi connectivity index (χ4v) is 11.4. The third-order valence-corrected chi connectivity index (χ3v) is 17.0. The largest absolute Gasteiger partial charge is 0.472 e. The molecular weight excluding hydrogens is 1130 g/mol. The van der Waals surface area contributed by atoms with Crippen LogP contribution in [0.4, 0.5) is 0 Å². The van der Waals surface area contributed by atoms with Gasteiger partial charge in [-0.3, -0.25) is 37.3 Å². The van der Waals surface area contributed by atoms with E-state index < -0.39 is 97.5 Å². The topological polar surface area (TPSA) is 237 Å². The molecule has 19 heteroatoms. The van der Waals surface area contributed by atoms with E-state index in [9.17, 15) is 43.2 Å². The van der Waals surface area contributed by atoms with E-state index >= 15 is 0 Å². The number of hydrogen-bond acceptors (Lipinski definition) is 15. The van der Waals surface area contributed by atoms with E-state index in [0.29, 0.717) is 25.7 Å². The minimum Gasteiger partial charge on any atom is -0.462 e. The molecular formula is C66H128O17P2. The van der Waals surface area contributed by atoms with Gasteiger partial charge in [0.15, 0.2) is 12.2 Å². The summed E-state index contributed by atoms with van der Waals surface area (Å²) < 4.78 is 67.9. The summed E-state index contributed by atoms with van der Waals surface area (Å²) in [5.41, 5.74) is 0. The summed E-state index contributed by atoms with van der Waals surface area (Å²) in [7, 11) is -9.88. The lowest BCUT2D eigenvalue weighted by Gasteiger charge is -2.21. The Labute approximate surface area is 517 Å². The van der Waals surface area contributed by atoms with Crippen LogP contribution in [0.5, 0.6) is 0 Å². The van der Waals surface area contributed by atoms with Gasteiger partial charge in [0.25, 0.3) is 0 Å². The van der Waals surface area contributed by atoms with Gasteiger partial charge in [-0.05, 0) is 43.4 Å². The molecule has 0 aliphatic heterocycles. The maximum absolute atomic E-state index is 13.0. The SMILES string of the molecule is CCCCCCCC(=O)OC[C@H](COP(=O)(O)OC[C@H](O)COP(=O)(O)OC[C@@H](COC(=O)CCCCCCCCCCCCCC(C)C)OC(=O)CCCCCCCCCCCCCCC(C)C)OC(=O)CCCCCCCCCCC(C)C. The zero-order valence-electron chi connectivity index (χ0n) is 55.1. The van der Waals surface area contributed by atoms with E-state index in [1.54, 1.807) is 0 Å². The monoisotopic (exact) mass is 1250 g/mol. The zero-order chi connectivity index (χ0) is 63.1. The van der Waals surface area contributed by atoms with Gasteiger partial charge >= 0.3 is 39.5 Å². The van der Waals surface area contributed by atoms with E-state index in [0.717, 1.165) is 114 Å². The number of aliphatic hydroxyl groups excluding tert-OH is 1. The van der Waals surface area contributed by atoms with Gasteiger partial charge in [0.2, 0.25) is 0 Å². The first kappa shape index (κ1) is 83.1. The van der Waals surface area contributed by atoms with Crippen molar-refractivity contribution in [1.82, 2.24) is 0 Å². The number of ether oxygens (including phenoxy) is 4. The van der Waals surface area contributed by atoms with Gasteiger partial charge in [0.05, 0.1) is 26.4 Å². The number of esters is 4. The Morgan fingerprint density at radius 3 is 0.800 bits per heavy atom. The van der Waals surface area contributed by atoms with Crippen LogP contribution >= 0.6 is 15.6 Å². The third kappa shape index (κ3) is 60.7. The summed E-state index contributed by atoms with van der Waals surface area (Å²) in [6.07, 6.45) is 39.3. The maximum Gasteiger partial charge on any atom is 0.472 e. The molecule has 0 rings (SSSR count). The van der Waals surface area contributed by atoms with Crippen molar-refractivity contribution in [3.05, 3.63) is 0 Å². The standard InChI is InChI=1S/C66H128O17P2/c1-8-9-10-30-40-47-63(68)76-53-61(82-66(71)50-43-36-29-23-22-26-33-39-46-59(6)7)55-80-84(72,73)78-51-60(67)52-79-85(74,75)81-56-62(54-77-64(69)48-41-34-27-20-17-13-15-19-25-32-38-45-58(4)5)83-65(70)49-42-35-28-21-16-12-11-14-18-24-31-37-44-57(2)3/h57-62,67H,8-56H2,1-7H3,(H,72,73)(H,74,75)/t60-,61+,62+/m0/s1. The van der Waals surface area contributed by atoms with Crippen LogP contribution in [0.3, 0.4) is 0 Å². The van der Waals surface area contributed by atoms with Crippen molar-refractivity contribution in [3.8, 4) is 0 Å². The first-order chi connectivity index (χ1) is 40.7. The van der Waals surface area contributed by atoms with Gasteiger partial charge in [-0.15, -0.1) is 0 Å². The van der Waals surface area contributed by atoms with Crippen LogP contribution in [0.25, 0.3) is 0 Å². The Bertz CT molecular complexity index is 1680. The summed E-state index contributed by atoms with van der Waals surface area (Å²) in [5, 5.41) is 10.5. The number of hydrogen-bond donors (Lipinski definition) is 3. The van der Waals surface area contributed by atoms with Gasteiger partial charge in [-0.2, -0.15) is 0 Å². The number of aliphatic hydroxyl groups is 1. The Balaban J connectivity index is 5.18. The number of carbonyl (C=O) groups excluding carboxylic acids is 4. The molecule has 0 aliphatic carbocycles. The number of unbranched alkanes of at least 4 members (excludes halogenated alkanes) is 32. The minimum absolute atomic E-state index is 0.103. The lowest BCUT2D eigenvalue weighted by atomic mass is 10.0. The van der Waals surface area contributed by atoms with Crippen molar-refractivity contribution < 1.29 is 80.2 Å². The van der Waals surface area contributed by atoms with Crippen LogP contribution in [0.1, 0.15) is 325 Å². The van der Waals surface area contributed by atoms with Gasteiger partial charge < -0.3 is 33.8 Å². The quantitative estimate of drug-likeness (QED) is 0.0222. The summed E-state index contributed by atoms with van der Waals surface area (Å²) in [5.74, 6) is 0.123. The van der Waals surface area contributed by atoms with Crippen molar-refractivity contribution in [3.63, 3.8) is 0 Å². The molecule has 2 unspecified atom stereocenters. The number of rotatable bonds is 64. The lowest BCUT2D eigenvalue weighted by Crippen LogP contribution is -2.30. The van der Waals surface area contributed by atoms with Crippen molar-refractivity contribution in [2.45, 2.75) is 343 Å². The number of phosphoric ester groups is 2. The van der Waals surface area contributed by atoms with Crippen LogP contribution < -0.4 is 0 Å². The highest BCUT2D eigenvalue weighted by atomic mass is 31.2. The Kier molecular flexibility index (Phi) is 55.9. The van der Waals surface area contributed by atoms with Crippen LogP contribution in [0.2, 0.25) is 0 Å². The van der Waals surface area contributed by atoms with Gasteiger partial charge in [-0.25, -0.2) is 9.13 Å². The second-order valence-electron chi connectivity index (χ2n) is 25.3. The molecule has 0 heterocycles. The van der Waals surface area contributed by atoms with Gasteiger partial charge in [0.1, 0.15) is 19.3 Å². The van der Waals surface area contributed by atoms with Crippen molar-refractivity contribution >= 4 is 39.5 Å². The average Bonchev–Trinajstić information content (AvgIpc) is 3.58. The second-order valence-corrected chi connectivity index (χ2v) is 28.2. The van der Waals surface area contributed by atoms with E-state index in [2.05, 4.69) is 48.5 Å². The predicted molar refractivity (Wildman–Crippen MR) is 340 cm³/mol. The first-order valence-electron chi connectivity index (χ1n) is 34.3. The highest BCUT2D eigenvalue weighted by Gasteiger charge is 2.30. The molecule has 0 saturated heterocycles. The summed E-state index contributed by atoms with van der Waals surface area (Å²) >= 11 is 0. The molecule has 85 heavy (non-hydrogen) atoms. The molecule has 3 N–H and O–H groups in total.